The van der Waals surface area contributed by atoms with Crippen molar-refractivity contribution in [1.29, 1.82) is 0 Å². The second-order valence-corrected chi connectivity index (χ2v) is 7.34. The molecule has 7 nitrogen and oxygen atoms in total. The fraction of sp³-hybridized carbons (Fsp3) is 0.556. The Morgan fingerprint density at radius 3 is 2.81 bits per heavy atom. The van der Waals surface area contributed by atoms with E-state index in [2.05, 4.69) is 15.5 Å². The Labute approximate surface area is 157 Å². The topological polar surface area (TPSA) is 73.1 Å². The first-order valence-electron chi connectivity index (χ1n) is 9.18. The molecule has 138 valence electrons. The van der Waals surface area contributed by atoms with E-state index in [-0.39, 0.29) is 17.9 Å². The Bertz CT molecular complexity index is 772. The maximum Gasteiger partial charge on any atom is 0.233 e. The van der Waals surface area contributed by atoms with Gasteiger partial charge in [0, 0.05) is 37.5 Å². The summed E-state index contributed by atoms with van der Waals surface area (Å²) in [5.41, 5.74) is 0. The van der Waals surface area contributed by atoms with Crippen LogP contribution in [0.4, 0.5) is 0 Å². The number of halogens is 1. The predicted molar refractivity (Wildman–Crippen MR) is 96.1 cm³/mol. The lowest BCUT2D eigenvalue weighted by Gasteiger charge is -2.34. The van der Waals surface area contributed by atoms with Gasteiger partial charge in [-0.2, -0.15) is 0 Å². The van der Waals surface area contributed by atoms with E-state index >= 15 is 0 Å². The molecule has 4 rings (SSSR count). The second-order valence-electron chi connectivity index (χ2n) is 6.91. The number of benzene rings is 1. The lowest BCUT2D eigenvalue weighted by molar-refractivity contribution is -0.135. The molecule has 0 aliphatic carbocycles. The number of hydrogen-bond donors (Lipinski definition) is 0. The SMILES string of the molecule is O=C([C@@H]1CCCCn2nnnc21)N1CCC(Oc2cccc(Cl)c2)CC1. The largest absolute Gasteiger partial charge is 0.490 e. The number of hydrogen-bond acceptors (Lipinski definition) is 5. The number of likely N-dealkylation sites (tertiary alicyclic amines) is 1. The lowest BCUT2D eigenvalue weighted by atomic mass is 9.98. The molecule has 0 saturated carbocycles. The molecule has 1 fully saturated rings. The van der Waals surface area contributed by atoms with Gasteiger partial charge in [-0.25, -0.2) is 4.68 Å². The van der Waals surface area contributed by atoms with Crippen LogP contribution in [0.25, 0.3) is 0 Å². The first-order valence-corrected chi connectivity index (χ1v) is 9.55. The van der Waals surface area contributed by atoms with E-state index in [1.807, 2.05) is 29.2 Å². The van der Waals surface area contributed by atoms with Crippen LogP contribution in [0.15, 0.2) is 24.3 Å². The zero-order valence-electron chi connectivity index (χ0n) is 14.6. The van der Waals surface area contributed by atoms with Crippen LogP contribution in [0.3, 0.4) is 0 Å². The molecule has 1 atom stereocenters. The molecule has 0 N–H and O–H groups in total. The number of tetrazole rings is 1. The predicted octanol–water partition coefficient (Wildman–Crippen LogP) is 2.66. The second kappa shape index (κ2) is 7.61. The zero-order chi connectivity index (χ0) is 17.9. The summed E-state index contributed by atoms with van der Waals surface area (Å²) in [5, 5.41) is 12.5. The normalized spacial score (nSPS) is 21.1. The average molecular weight is 376 g/mol. The molecule has 26 heavy (non-hydrogen) atoms. The van der Waals surface area contributed by atoms with Crippen molar-refractivity contribution in [3.05, 3.63) is 35.1 Å². The number of ether oxygens (including phenoxy) is 1. The van der Waals surface area contributed by atoms with Crippen molar-refractivity contribution in [3.63, 3.8) is 0 Å². The van der Waals surface area contributed by atoms with Crippen molar-refractivity contribution >= 4 is 17.5 Å². The molecule has 0 spiro atoms. The van der Waals surface area contributed by atoms with Crippen LogP contribution in [-0.4, -0.2) is 50.2 Å². The van der Waals surface area contributed by atoms with Crippen molar-refractivity contribution in [2.24, 2.45) is 0 Å². The number of amides is 1. The highest BCUT2D eigenvalue weighted by Gasteiger charge is 2.33. The number of piperidine rings is 1. The van der Waals surface area contributed by atoms with Crippen molar-refractivity contribution in [2.75, 3.05) is 13.1 Å². The van der Waals surface area contributed by atoms with Crippen LogP contribution in [0.2, 0.25) is 5.02 Å². The molecule has 0 radical (unpaired) electrons. The van der Waals surface area contributed by atoms with E-state index in [1.165, 1.54) is 0 Å². The van der Waals surface area contributed by atoms with Crippen molar-refractivity contribution in [2.45, 2.75) is 50.7 Å². The molecular weight excluding hydrogens is 354 g/mol. The minimum absolute atomic E-state index is 0.108. The third-order valence-corrected chi connectivity index (χ3v) is 5.37. The van der Waals surface area contributed by atoms with Crippen molar-refractivity contribution in [1.82, 2.24) is 25.1 Å². The number of nitrogens with zero attached hydrogens (tertiary/aromatic N) is 5. The van der Waals surface area contributed by atoms with Gasteiger partial charge in [0.1, 0.15) is 11.9 Å². The van der Waals surface area contributed by atoms with Gasteiger partial charge in [0.2, 0.25) is 5.91 Å². The summed E-state index contributed by atoms with van der Waals surface area (Å²) in [6.45, 7) is 2.19. The Balaban J connectivity index is 1.37. The molecule has 8 heteroatoms. The molecule has 0 unspecified atom stereocenters. The minimum atomic E-state index is -0.224. The molecule has 0 bridgehead atoms. The Morgan fingerprint density at radius 2 is 2.00 bits per heavy atom. The van der Waals surface area contributed by atoms with Gasteiger partial charge in [-0.05, 0) is 41.5 Å². The van der Waals surface area contributed by atoms with Crippen LogP contribution in [0, 0.1) is 0 Å². The molecule has 2 aromatic rings. The van der Waals surface area contributed by atoms with Crippen LogP contribution in [0.1, 0.15) is 43.8 Å². The smallest absolute Gasteiger partial charge is 0.233 e. The fourth-order valence-electron chi connectivity index (χ4n) is 3.74. The molecule has 1 saturated heterocycles. The maximum absolute atomic E-state index is 13.0. The molecule has 1 aromatic carbocycles. The third-order valence-electron chi connectivity index (χ3n) is 5.13. The standard InChI is InChI=1S/C18H22ClN5O2/c19-13-4-3-5-15(12-13)26-14-7-10-23(11-8-14)18(25)16-6-1-2-9-24-17(16)20-21-22-24/h3-5,12,14,16H,1-2,6-11H2/t16-/m1/s1. The van der Waals surface area contributed by atoms with Gasteiger partial charge >= 0.3 is 0 Å². The number of aryl methyl sites for hydroxylation is 1. The summed E-state index contributed by atoms with van der Waals surface area (Å²) in [6, 6.07) is 7.45. The van der Waals surface area contributed by atoms with E-state index in [0.717, 1.165) is 44.4 Å². The Kier molecular flexibility index (Phi) is 5.06. The van der Waals surface area contributed by atoms with E-state index in [4.69, 9.17) is 16.3 Å². The van der Waals surface area contributed by atoms with E-state index in [0.29, 0.717) is 23.9 Å². The zero-order valence-corrected chi connectivity index (χ0v) is 15.3. The Hall–Kier alpha value is -2.15. The van der Waals surface area contributed by atoms with Crippen LogP contribution in [0.5, 0.6) is 5.75 Å². The molecule has 1 amide bonds. The van der Waals surface area contributed by atoms with Gasteiger partial charge in [0.15, 0.2) is 5.82 Å². The lowest BCUT2D eigenvalue weighted by Crippen LogP contribution is -2.44. The molecule has 3 heterocycles. The highest BCUT2D eigenvalue weighted by Crippen LogP contribution is 2.28. The average Bonchev–Trinajstić information content (AvgIpc) is 3.01. The summed E-state index contributed by atoms with van der Waals surface area (Å²) in [4.78, 5) is 15.0. The number of rotatable bonds is 3. The number of aromatic nitrogens is 4. The first kappa shape index (κ1) is 17.3. The minimum Gasteiger partial charge on any atom is -0.490 e. The summed E-state index contributed by atoms with van der Waals surface area (Å²) in [7, 11) is 0. The van der Waals surface area contributed by atoms with E-state index in [1.54, 1.807) is 4.68 Å². The highest BCUT2D eigenvalue weighted by molar-refractivity contribution is 6.30. The van der Waals surface area contributed by atoms with Gasteiger partial charge < -0.3 is 9.64 Å². The number of carbonyl (C=O) groups is 1. The summed E-state index contributed by atoms with van der Waals surface area (Å²) >= 11 is 6.01. The quantitative estimate of drug-likeness (QED) is 0.824. The van der Waals surface area contributed by atoms with Crippen molar-refractivity contribution in [3.8, 4) is 5.75 Å². The Morgan fingerprint density at radius 1 is 1.15 bits per heavy atom. The fourth-order valence-corrected chi connectivity index (χ4v) is 3.92. The molecule has 2 aliphatic rings. The van der Waals surface area contributed by atoms with Crippen LogP contribution < -0.4 is 4.74 Å². The van der Waals surface area contributed by atoms with Crippen LogP contribution in [-0.2, 0) is 11.3 Å². The highest BCUT2D eigenvalue weighted by atomic mass is 35.5. The summed E-state index contributed by atoms with van der Waals surface area (Å²) < 4.78 is 7.80. The number of fused-ring (bicyclic) bond motifs is 1. The summed E-state index contributed by atoms with van der Waals surface area (Å²) in [5.74, 6) is 1.41. The third kappa shape index (κ3) is 3.67. The number of carbonyl (C=O) groups excluding carboxylic acids is 1. The maximum atomic E-state index is 13.0. The summed E-state index contributed by atoms with van der Waals surface area (Å²) in [6.07, 6.45) is 4.58. The van der Waals surface area contributed by atoms with Crippen LogP contribution >= 0.6 is 11.6 Å². The van der Waals surface area contributed by atoms with Crippen molar-refractivity contribution < 1.29 is 9.53 Å². The molecular formula is C18H22ClN5O2. The monoisotopic (exact) mass is 375 g/mol. The molecule has 1 aromatic heterocycles. The van der Waals surface area contributed by atoms with Gasteiger partial charge in [-0.15, -0.1) is 5.10 Å². The van der Waals surface area contributed by atoms with Gasteiger partial charge in [-0.1, -0.05) is 24.1 Å². The van der Waals surface area contributed by atoms with E-state index in [9.17, 15) is 4.79 Å². The molecule has 2 aliphatic heterocycles. The van der Waals surface area contributed by atoms with Gasteiger partial charge in [0.25, 0.3) is 0 Å². The van der Waals surface area contributed by atoms with Gasteiger partial charge in [0.05, 0.1) is 5.92 Å². The van der Waals surface area contributed by atoms with E-state index < -0.39 is 0 Å². The first-order chi connectivity index (χ1) is 12.7. The van der Waals surface area contributed by atoms with Gasteiger partial charge in [-0.3, -0.25) is 4.79 Å².